The number of carboxylic acid groups (broad SMARTS) is 1. The van der Waals surface area contributed by atoms with E-state index < -0.39 is 35.7 Å². The minimum atomic E-state index is -1.18. The lowest BCUT2D eigenvalue weighted by molar-refractivity contribution is -0.139. The molecule has 1 amide bonds. The average Bonchev–Trinajstić information content (AvgIpc) is 3.08. The van der Waals surface area contributed by atoms with Crippen LogP contribution in [-0.2, 0) is 9.59 Å². The lowest BCUT2D eigenvalue weighted by atomic mass is 9.83. The van der Waals surface area contributed by atoms with Crippen LogP contribution in [0, 0.1) is 5.41 Å². The van der Waals surface area contributed by atoms with Crippen molar-refractivity contribution in [2.24, 2.45) is 5.41 Å². The number of amides is 1. The zero-order valence-corrected chi connectivity index (χ0v) is 17.2. The molecular weight excluding hydrogens is 392 g/mol. The van der Waals surface area contributed by atoms with Gasteiger partial charge in [0.2, 0.25) is 5.91 Å². The molecule has 3 rings (SSSR count). The summed E-state index contributed by atoms with van der Waals surface area (Å²) in [6.45, 7) is 3.41. The first-order valence-electron chi connectivity index (χ1n) is 9.85. The summed E-state index contributed by atoms with van der Waals surface area (Å²) >= 11 is 0. The Labute approximate surface area is 173 Å². The van der Waals surface area contributed by atoms with Crippen molar-refractivity contribution in [1.29, 1.82) is 0 Å². The summed E-state index contributed by atoms with van der Waals surface area (Å²) in [5.41, 5.74) is 0.401. The lowest BCUT2D eigenvalue weighted by Gasteiger charge is -2.38. The lowest BCUT2D eigenvalue weighted by Crippen LogP contribution is -2.54. The molecule has 164 valence electrons. The summed E-state index contributed by atoms with van der Waals surface area (Å²) in [4.78, 5) is 36.0. The van der Waals surface area contributed by atoms with E-state index in [1.54, 1.807) is 31.8 Å². The number of carbonyl (C=O) groups is 2. The van der Waals surface area contributed by atoms with Gasteiger partial charge in [-0.2, -0.15) is 0 Å². The smallest absolute Gasteiger partial charge is 0.303 e. The van der Waals surface area contributed by atoms with Crippen molar-refractivity contribution in [2.45, 2.75) is 63.8 Å². The predicted octanol–water partition coefficient (Wildman–Crippen LogP) is 0.300. The molecule has 0 aromatic carbocycles. The number of aliphatic hydroxyl groups is 2. The first kappa shape index (κ1) is 21.9. The Morgan fingerprint density at radius 3 is 2.57 bits per heavy atom. The Kier molecular flexibility index (Phi) is 6.22. The minimum absolute atomic E-state index is 0.0118. The third-order valence-corrected chi connectivity index (χ3v) is 5.50. The molecule has 30 heavy (non-hydrogen) atoms. The third-order valence-electron chi connectivity index (χ3n) is 5.50. The van der Waals surface area contributed by atoms with Gasteiger partial charge in [0.25, 0.3) is 0 Å². The second-order valence-corrected chi connectivity index (χ2v) is 8.51. The monoisotopic (exact) mass is 420 g/mol. The van der Waals surface area contributed by atoms with Gasteiger partial charge in [0.1, 0.15) is 24.1 Å². The van der Waals surface area contributed by atoms with Crippen molar-refractivity contribution in [3.8, 4) is 0 Å². The number of aliphatic hydroxyl groups excluding tert-OH is 2. The average molecular weight is 420 g/mol. The summed E-state index contributed by atoms with van der Waals surface area (Å²) in [5, 5.41) is 36.0. The summed E-state index contributed by atoms with van der Waals surface area (Å²) in [5.74, 6) is -0.754. The molecule has 0 bridgehead atoms. The number of carbonyl (C=O) groups excluding carboxylic acids is 1. The van der Waals surface area contributed by atoms with Crippen molar-refractivity contribution >= 4 is 28.9 Å². The summed E-state index contributed by atoms with van der Waals surface area (Å²) in [6, 6.07) is -1.08. The van der Waals surface area contributed by atoms with Gasteiger partial charge in [0.15, 0.2) is 11.5 Å². The van der Waals surface area contributed by atoms with E-state index in [9.17, 15) is 19.8 Å². The molecule has 1 saturated carbocycles. The summed E-state index contributed by atoms with van der Waals surface area (Å²) < 4.78 is 1.72. The molecule has 2 aromatic rings. The van der Waals surface area contributed by atoms with Crippen molar-refractivity contribution in [3.05, 3.63) is 12.7 Å². The fraction of sp³-hybridized carbons (Fsp3) is 0.632. The first-order chi connectivity index (χ1) is 14.1. The van der Waals surface area contributed by atoms with E-state index >= 15 is 0 Å². The number of nitrogens with one attached hydrogen (secondary N) is 2. The van der Waals surface area contributed by atoms with Gasteiger partial charge in [-0.1, -0.05) is 13.8 Å². The van der Waals surface area contributed by atoms with Crippen LogP contribution in [0.15, 0.2) is 12.7 Å². The van der Waals surface area contributed by atoms with Gasteiger partial charge >= 0.3 is 5.97 Å². The van der Waals surface area contributed by atoms with Gasteiger partial charge in [0.05, 0.1) is 24.8 Å². The van der Waals surface area contributed by atoms with Crippen LogP contribution in [0.25, 0.3) is 11.2 Å². The number of aromatic nitrogens is 4. The van der Waals surface area contributed by atoms with Gasteiger partial charge in [0, 0.05) is 13.5 Å². The zero-order chi connectivity index (χ0) is 22.1. The Hall–Kier alpha value is -2.79. The maximum atomic E-state index is 12.4. The highest BCUT2D eigenvalue weighted by molar-refractivity contribution is 5.82. The highest BCUT2D eigenvalue weighted by Crippen LogP contribution is 2.33. The van der Waals surface area contributed by atoms with E-state index in [1.807, 2.05) is 0 Å². The molecule has 2 aromatic heterocycles. The number of hydrogen-bond acceptors (Lipinski definition) is 8. The number of fused-ring (bicyclic) bond motifs is 1. The Bertz CT molecular complexity index is 929. The number of rotatable bonds is 7. The minimum Gasteiger partial charge on any atom is -0.481 e. The van der Waals surface area contributed by atoms with E-state index in [4.69, 9.17) is 5.11 Å². The maximum Gasteiger partial charge on any atom is 0.303 e. The van der Waals surface area contributed by atoms with Gasteiger partial charge in [-0.05, 0) is 18.3 Å². The number of imidazole rings is 1. The fourth-order valence-corrected chi connectivity index (χ4v) is 4.06. The third kappa shape index (κ3) is 4.51. The molecular formula is C19H28N6O5. The molecule has 1 aliphatic rings. The molecule has 0 unspecified atom stereocenters. The largest absolute Gasteiger partial charge is 0.481 e. The van der Waals surface area contributed by atoms with Crippen molar-refractivity contribution < 1.29 is 24.9 Å². The van der Waals surface area contributed by atoms with E-state index in [0.717, 1.165) is 0 Å². The van der Waals surface area contributed by atoms with Gasteiger partial charge < -0.3 is 30.5 Å². The molecule has 11 heteroatoms. The molecule has 1 aliphatic carbocycles. The standard InChI is InChI=1S/C19H28N6O5/c1-19(2,7-13(27)28)6-12(26)24-10-4-5-11(16(30)15(10)29)25-9-23-14-17(20-3)21-8-22-18(14)25/h8-11,15-16,29-30H,4-7H2,1-3H3,(H,24,26)(H,27,28)(H,20,21,22)/t10-,11-,15-,16-/m1/s1. The van der Waals surface area contributed by atoms with Crippen molar-refractivity contribution in [3.63, 3.8) is 0 Å². The molecule has 0 spiro atoms. The Morgan fingerprint density at radius 2 is 1.90 bits per heavy atom. The molecule has 5 N–H and O–H groups in total. The van der Waals surface area contributed by atoms with E-state index in [-0.39, 0.29) is 18.7 Å². The highest BCUT2D eigenvalue weighted by Gasteiger charge is 2.40. The van der Waals surface area contributed by atoms with Crippen molar-refractivity contribution in [2.75, 3.05) is 12.4 Å². The van der Waals surface area contributed by atoms with Crippen LogP contribution in [-0.4, -0.2) is 72.0 Å². The number of hydrogen-bond donors (Lipinski definition) is 5. The number of nitrogens with zero attached hydrogens (tertiary/aromatic N) is 4. The van der Waals surface area contributed by atoms with Gasteiger partial charge in [-0.15, -0.1) is 0 Å². The second kappa shape index (κ2) is 8.52. The quantitative estimate of drug-likeness (QED) is 0.424. The zero-order valence-electron chi connectivity index (χ0n) is 17.2. The van der Waals surface area contributed by atoms with E-state index in [1.165, 1.54) is 6.33 Å². The SMILES string of the molecule is CNc1ncnc2c1ncn2[C@@H]1CC[C@@H](NC(=O)CC(C)(C)CC(=O)O)[C@@H](O)[C@@H]1O. The van der Waals surface area contributed by atoms with Crippen LogP contribution in [0.3, 0.4) is 0 Å². The normalized spacial score (nSPS) is 24.6. The topological polar surface area (TPSA) is 162 Å². The van der Waals surface area contributed by atoms with Crippen LogP contribution in [0.5, 0.6) is 0 Å². The Morgan fingerprint density at radius 1 is 1.17 bits per heavy atom. The second-order valence-electron chi connectivity index (χ2n) is 8.51. The van der Waals surface area contributed by atoms with E-state index in [0.29, 0.717) is 29.8 Å². The van der Waals surface area contributed by atoms with Crippen LogP contribution in [0.4, 0.5) is 5.82 Å². The van der Waals surface area contributed by atoms with Crippen LogP contribution in [0.2, 0.25) is 0 Å². The van der Waals surface area contributed by atoms with Gasteiger partial charge in [-0.25, -0.2) is 15.0 Å². The molecule has 11 nitrogen and oxygen atoms in total. The summed E-state index contributed by atoms with van der Waals surface area (Å²) in [7, 11) is 1.73. The van der Waals surface area contributed by atoms with Crippen LogP contribution in [0.1, 0.15) is 45.6 Å². The number of carboxylic acids is 1. The fourth-order valence-electron chi connectivity index (χ4n) is 4.06. The molecule has 1 fully saturated rings. The molecule has 2 heterocycles. The van der Waals surface area contributed by atoms with Crippen molar-refractivity contribution in [1.82, 2.24) is 24.8 Å². The van der Waals surface area contributed by atoms with Crippen LogP contribution < -0.4 is 10.6 Å². The first-order valence-corrected chi connectivity index (χ1v) is 9.85. The summed E-state index contributed by atoms with van der Waals surface area (Å²) in [6.07, 6.45) is 1.46. The molecule has 0 radical (unpaired) electrons. The number of anilines is 1. The molecule has 0 aliphatic heterocycles. The number of aliphatic carboxylic acids is 1. The predicted molar refractivity (Wildman–Crippen MR) is 108 cm³/mol. The highest BCUT2D eigenvalue weighted by atomic mass is 16.4. The molecule has 0 saturated heterocycles. The molecule has 4 atom stereocenters. The van der Waals surface area contributed by atoms with Crippen LogP contribution >= 0.6 is 0 Å². The Balaban J connectivity index is 1.69. The maximum absolute atomic E-state index is 12.4. The van der Waals surface area contributed by atoms with E-state index in [2.05, 4.69) is 25.6 Å². The van der Waals surface area contributed by atoms with Gasteiger partial charge in [-0.3, -0.25) is 9.59 Å².